The fourth-order valence-electron chi connectivity index (χ4n) is 3.17. The van der Waals surface area contributed by atoms with Gasteiger partial charge in [0.25, 0.3) is 5.69 Å². The SMILES string of the molecule is [C-]#[N+]c1c(N)ncnc1NC(C)c1cc2ccccn2c1-c1cccnc1. The molecule has 27 heavy (non-hydrogen) atoms. The number of aromatic nitrogens is 4. The van der Waals surface area contributed by atoms with Gasteiger partial charge in [0.2, 0.25) is 0 Å². The molecule has 4 rings (SSSR count). The molecule has 7 nitrogen and oxygen atoms in total. The quantitative estimate of drug-likeness (QED) is 0.538. The molecule has 0 amide bonds. The van der Waals surface area contributed by atoms with Gasteiger partial charge in [-0.2, -0.15) is 0 Å². The van der Waals surface area contributed by atoms with Crippen LogP contribution in [0.1, 0.15) is 18.5 Å². The molecule has 7 heteroatoms. The summed E-state index contributed by atoms with van der Waals surface area (Å²) >= 11 is 0. The summed E-state index contributed by atoms with van der Waals surface area (Å²) < 4.78 is 2.13. The minimum Gasteiger partial charge on any atom is -0.392 e. The summed E-state index contributed by atoms with van der Waals surface area (Å²) in [5.41, 5.74) is 10.3. The second-order valence-corrected chi connectivity index (χ2v) is 6.12. The van der Waals surface area contributed by atoms with Crippen LogP contribution in [0.2, 0.25) is 0 Å². The molecule has 0 radical (unpaired) electrons. The van der Waals surface area contributed by atoms with Crippen molar-refractivity contribution in [1.29, 1.82) is 0 Å². The average molecular weight is 355 g/mol. The van der Waals surface area contributed by atoms with Crippen LogP contribution < -0.4 is 11.1 Å². The molecule has 0 fully saturated rings. The highest BCUT2D eigenvalue weighted by Gasteiger charge is 2.19. The van der Waals surface area contributed by atoms with Gasteiger partial charge in [0.1, 0.15) is 18.0 Å². The number of nitrogens with zero attached hydrogens (tertiary/aromatic N) is 5. The van der Waals surface area contributed by atoms with Crippen LogP contribution in [0.5, 0.6) is 0 Å². The standard InChI is InChI=1S/C20H17N7/c1-13(26-20-17(22-2)19(21)24-12-25-20)16-10-15-7-3-4-9-27(15)18(16)14-6-5-8-23-11-14/h3-13H,1H3,(H3,21,24,25,26). The summed E-state index contributed by atoms with van der Waals surface area (Å²) in [6, 6.07) is 12.0. The van der Waals surface area contributed by atoms with E-state index in [0.717, 1.165) is 22.3 Å². The maximum atomic E-state index is 7.35. The van der Waals surface area contributed by atoms with E-state index in [1.54, 1.807) is 6.20 Å². The number of hydrogen-bond donors (Lipinski definition) is 2. The van der Waals surface area contributed by atoms with Crippen LogP contribution in [-0.4, -0.2) is 19.4 Å². The van der Waals surface area contributed by atoms with Crippen molar-refractivity contribution in [3.63, 3.8) is 0 Å². The summed E-state index contributed by atoms with van der Waals surface area (Å²) in [5, 5.41) is 3.31. The Morgan fingerprint density at radius 2 is 2.11 bits per heavy atom. The number of hydrogen-bond acceptors (Lipinski definition) is 5. The van der Waals surface area contributed by atoms with Crippen molar-refractivity contribution < 1.29 is 0 Å². The van der Waals surface area contributed by atoms with Gasteiger partial charge in [-0.3, -0.25) is 4.98 Å². The number of fused-ring (bicyclic) bond motifs is 1. The van der Waals surface area contributed by atoms with Crippen molar-refractivity contribution in [3.8, 4) is 11.3 Å². The lowest BCUT2D eigenvalue weighted by Crippen LogP contribution is -2.09. The average Bonchev–Trinajstić information content (AvgIpc) is 3.08. The lowest BCUT2D eigenvalue weighted by atomic mass is 10.0. The van der Waals surface area contributed by atoms with E-state index in [9.17, 15) is 0 Å². The molecular formula is C20H17N7. The van der Waals surface area contributed by atoms with E-state index in [4.69, 9.17) is 12.3 Å². The number of rotatable bonds is 4. The summed E-state index contributed by atoms with van der Waals surface area (Å²) in [4.78, 5) is 15.8. The molecule has 0 saturated heterocycles. The van der Waals surface area contributed by atoms with Crippen molar-refractivity contribution >= 4 is 22.8 Å². The van der Waals surface area contributed by atoms with E-state index in [0.29, 0.717) is 5.82 Å². The van der Waals surface area contributed by atoms with Crippen molar-refractivity contribution in [3.05, 3.63) is 78.3 Å². The zero-order valence-electron chi connectivity index (χ0n) is 14.7. The van der Waals surface area contributed by atoms with Crippen LogP contribution in [0.4, 0.5) is 17.3 Å². The Morgan fingerprint density at radius 3 is 2.89 bits per heavy atom. The minimum absolute atomic E-state index is 0.116. The topological polar surface area (TPSA) is 85.5 Å². The van der Waals surface area contributed by atoms with E-state index in [2.05, 4.69) is 41.6 Å². The molecular weight excluding hydrogens is 338 g/mol. The molecule has 4 aromatic rings. The fourth-order valence-corrected chi connectivity index (χ4v) is 3.17. The number of nitrogen functional groups attached to an aromatic ring is 1. The van der Waals surface area contributed by atoms with Gasteiger partial charge in [-0.15, -0.1) is 0 Å². The molecule has 0 saturated carbocycles. The lowest BCUT2D eigenvalue weighted by molar-refractivity contribution is 0.875. The molecule has 0 spiro atoms. The van der Waals surface area contributed by atoms with Gasteiger partial charge < -0.3 is 15.5 Å². The second kappa shape index (κ2) is 6.77. The number of anilines is 2. The van der Waals surface area contributed by atoms with Crippen molar-refractivity contribution in [1.82, 2.24) is 19.4 Å². The summed E-state index contributed by atoms with van der Waals surface area (Å²) in [5.74, 6) is 0.599. The zero-order valence-corrected chi connectivity index (χ0v) is 14.7. The molecule has 132 valence electrons. The van der Waals surface area contributed by atoms with Gasteiger partial charge in [-0.05, 0) is 37.3 Å². The molecule has 3 N–H and O–H groups in total. The molecule has 0 aliphatic rings. The Kier molecular flexibility index (Phi) is 4.15. The summed E-state index contributed by atoms with van der Waals surface area (Å²) in [6.45, 7) is 9.38. The second-order valence-electron chi connectivity index (χ2n) is 6.12. The largest absolute Gasteiger partial charge is 0.392 e. The van der Waals surface area contributed by atoms with Crippen molar-refractivity contribution in [2.45, 2.75) is 13.0 Å². The first-order chi connectivity index (χ1) is 13.2. The third-order valence-electron chi connectivity index (χ3n) is 4.43. The zero-order chi connectivity index (χ0) is 18.8. The summed E-state index contributed by atoms with van der Waals surface area (Å²) in [6.07, 6.45) is 6.99. The van der Waals surface area contributed by atoms with Crippen LogP contribution in [0.15, 0.2) is 61.3 Å². The Hall–Kier alpha value is -3.92. The van der Waals surface area contributed by atoms with E-state index in [1.165, 1.54) is 6.33 Å². The monoisotopic (exact) mass is 355 g/mol. The first kappa shape index (κ1) is 16.5. The first-order valence-electron chi connectivity index (χ1n) is 8.44. The van der Waals surface area contributed by atoms with E-state index in [-0.39, 0.29) is 17.5 Å². The van der Waals surface area contributed by atoms with Gasteiger partial charge in [-0.25, -0.2) is 14.8 Å². The molecule has 4 heterocycles. The Labute approximate surface area is 156 Å². The Balaban J connectivity index is 1.82. The predicted molar refractivity (Wildman–Crippen MR) is 105 cm³/mol. The van der Waals surface area contributed by atoms with Crippen LogP contribution in [0.25, 0.3) is 21.6 Å². The lowest BCUT2D eigenvalue weighted by Gasteiger charge is -2.17. The number of pyridine rings is 2. The highest BCUT2D eigenvalue weighted by Crippen LogP contribution is 2.35. The highest BCUT2D eigenvalue weighted by molar-refractivity contribution is 5.77. The molecule has 1 unspecified atom stereocenters. The molecule has 4 aromatic heterocycles. The van der Waals surface area contributed by atoms with Crippen LogP contribution >= 0.6 is 0 Å². The van der Waals surface area contributed by atoms with E-state index >= 15 is 0 Å². The molecule has 0 aliphatic carbocycles. The smallest absolute Gasteiger partial charge is 0.268 e. The summed E-state index contributed by atoms with van der Waals surface area (Å²) in [7, 11) is 0. The maximum absolute atomic E-state index is 7.35. The highest BCUT2D eigenvalue weighted by atomic mass is 15.1. The third kappa shape index (κ3) is 2.93. The third-order valence-corrected chi connectivity index (χ3v) is 4.43. The molecule has 1 atom stereocenters. The van der Waals surface area contributed by atoms with E-state index < -0.39 is 0 Å². The van der Waals surface area contributed by atoms with Crippen LogP contribution in [-0.2, 0) is 0 Å². The van der Waals surface area contributed by atoms with Gasteiger partial charge in [-0.1, -0.05) is 6.07 Å². The Bertz CT molecular complexity index is 1140. The van der Waals surface area contributed by atoms with Crippen LogP contribution in [0, 0.1) is 6.57 Å². The van der Waals surface area contributed by atoms with Crippen LogP contribution in [0.3, 0.4) is 0 Å². The first-order valence-corrected chi connectivity index (χ1v) is 8.44. The number of nitrogens with one attached hydrogen (secondary N) is 1. The van der Waals surface area contributed by atoms with Gasteiger partial charge in [0.15, 0.2) is 0 Å². The van der Waals surface area contributed by atoms with Gasteiger partial charge >= 0.3 is 0 Å². The number of nitrogens with two attached hydrogens (primary N) is 1. The van der Waals surface area contributed by atoms with Crippen molar-refractivity contribution in [2.75, 3.05) is 11.1 Å². The van der Waals surface area contributed by atoms with E-state index in [1.807, 2.05) is 43.6 Å². The normalized spacial score (nSPS) is 11.9. The fraction of sp³-hybridized carbons (Fsp3) is 0.100. The predicted octanol–water partition coefficient (Wildman–Crippen LogP) is 4.10. The minimum atomic E-state index is -0.116. The Morgan fingerprint density at radius 1 is 1.22 bits per heavy atom. The van der Waals surface area contributed by atoms with Gasteiger partial charge in [0, 0.05) is 35.2 Å². The molecule has 0 aromatic carbocycles. The maximum Gasteiger partial charge on any atom is 0.268 e. The molecule has 0 bridgehead atoms. The molecule has 0 aliphatic heterocycles. The van der Waals surface area contributed by atoms with Crippen molar-refractivity contribution in [2.24, 2.45) is 0 Å². The van der Waals surface area contributed by atoms with Gasteiger partial charge in [0.05, 0.1) is 18.3 Å².